The van der Waals surface area contributed by atoms with Crippen molar-refractivity contribution in [1.82, 2.24) is 5.32 Å². The molecule has 0 aliphatic heterocycles. The monoisotopic (exact) mass is 325 g/mol. The smallest absolute Gasteiger partial charge is 0.306 e. The molecule has 1 N–H and O–H groups in total. The van der Waals surface area contributed by atoms with Gasteiger partial charge in [-0.15, -0.1) is 0 Å². The number of nitrogens with one attached hydrogen (secondary N) is 1. The molecule has 2 aromatic carbocycles. The minimum Gasteiger partial charge on any atom is -0.465 e. The SMILES string of the molecule is Cc1ccc(CNC(=O)CCC(=O)OCCc2ccccc2)cc1. The fourth-order valence-electron chi connectivity index (χ4n) is 2.21. The van der Waals surface area contributed by atoms with Gasteiger partial charge in [0, 0.05) is 19.4 Å². The van der Waals surface area contributed by atoms with Crippen molar-refractivity contribution < 1.29 is 14.3 Å². The van der Waals surface area contributed by atoms with E-state index in [1.807, 2.05) is 61.5 Å². The molecule has 2 aromatic rings. The number of hydrogen-bond acceptors (Lipinski definition) is 3. The molecular weight excluding hydrogens is 302 g/mol. The molecule has 0 radical (unpaired) electrons. The Morgan fingerprint density at radius 3 is 2.33 bits per heavy atom. The zero-order chi connectivity index (χ0) is 17.2. The molecule has 0 atom stereocenters. The summed E-state index contributed by atoms with van der Waals surface area (Å²) in [5.41, 5.74) is 3.35. The number of esters is 1. The Morgan fingerprint density at radius 2 is 1.62 bits per heavy atom. The third kappa shape index (κ3) is 6.65. The standard InChI is InChI=1S/C20H23NO3/c1-16-7-9-18(10-8-16)15-21-19(22)11-12-20(23)24-14-13-17-5-3-2-4-6-17/h2-10H,11-15H2,1H3,(H,21,22). The fourth-order valence-corrected chi connectivity index (χ4v) is 2.21. The van der Waals surface area contributed by atoms with Crippen molar-refractivity contribution in [1.29, 1.82) is 0 Å². The van der Waals surface area contributed by atoms with Gasteiger partial charge in [-0.2, -0.15) is 0 Å². The molecule has 1 amide bonds. The average Bonchev–Trinajstić information content (AvgIpc) is 2.60. The van der Waals surface area contributed by atoms with Crippen LogP contribution in [0.25, 0.3) is 0 Å². The quantitative estimate of drug-likeness (QED) is 0.759. The van der Waals surface area contributed by atoms with E-state index in [2.05, 4.69) is 5.32 Å². The van der Waals surface area contributed by atoms with Gasteiger partial charge in [-0.05, 0) is 18.1 Å². The first-order valence-corrected chi connectivity index (χ1v) is 8.15. The summed E-state index contributed by atoms with van der Waals surface area (Å²) < 4.78 is 5.15. The average molecular weight is 325 g/mol. The lowest BCUT2D eigenvalue weighted by Gasteiger charge is -2.07. The minimum absolute atomic E-state index is 0.106. The van der Waals surface area contributed by atoms with E-state index in [4.69, 9.17) is 4.74 Å². The van der Waals surface area contributed by atoms with Gasteiger partial charge < -0.3 is 10.1 Å². The lowest BCUT2D eigenvalue weighted by atomic mass is 10.1. The zero-order valence-corrected chi connectivity index (χ0v) is 14.0. The summed E-state index contributed by atoms with van der Waals surface area (Å²) in [5.74, 6) is -0.480. The second-order valence-corrected chi connectivity index (χ2v) is 5.72. The minimum atomic E-state index is -0.337. The van der Waals surface area contributed by atoms with Crippen molar-refractivity contribution in [2.45, 2.75) is 32.7 Å². The maximum atomic E-state index is 11.8. The van der Waals surface area contributed by atoms with Gasteiger partial charge in [0.2, 0.25) is 5.91 Å². The molecule has 0 aromatic heterocycles. The summed E-state index contributed by atoms with van der Waals surface area (Å²) in [6.45, 7) is 2.84. The number of ether oxygens (including phenoxy) is 1. The highest BCUT2D eigenvalue weighted by atomic mass is 16.5. The summed E-state index contributed by atoms with van der Waals surface area (Å²) in [7, 11) is 0. The molecule has 0 saturated heterocycles. The highest BCUT2D eigenvalue weighted by Gasteiger charge is 2.08. The van der Waals surface area contributed by atoms with Crippen LogP contribution < -0.4 is 5.32 Å². The molecule has 4 nitrogen and oxygen atoms in total. The van der Waals surface area contributed by atoms with Crippen LogP contribution in [0.1, 0.15) is 29.5 Å². The summed E-state index contributed by atoms with van der Waals surface area (Å²) in [6, 6.07) is 17.8. The van der Waals surface area contributed by atoms with Crippen LogP contribution in [0.15, 0.2) is 54.6 Å². The first-order valence-electron chi connectivity index (χ1n) is 8.15. The van der Waals surface area contributed by atoms with E-state index < -0.39 is 0 Å². The Morgan fingerprint density at radius 1 is 0.917 bits per heavy atom. The van der Waals surface area contributed by atoms with Crippen molar-refractivity contribution in [3.63, 3.8) is 0 Å². The Kier molecular flexibility index (Phi) is 7.02. The third-order valence-corrected chi connectivity index (χ3v) is 3.66. The van der Waals surface area contributed by atoms with Crippen molar-refractivity contribution in [2.24, 2.45) is 0 Å². The molecule has 0 aliphatic carbocycles. The number of benzene rings is 2. The molecule has 0 bridgehead atoms. The molecule has 126 valence electrons. The maximum Gasteiger partial charge on any atom is 0.306 e. The molecule has 0 aliphatic rings. The number of rotatable bonds is 8. The van der Waals surface area contributed by atoms with Gasteiger partial charge in [0.1, 0.15) is 0 Å². The maximum absolute atomic E-state index is 11.8. The van der Waals surface area contributed by atoms with Gasteiger partial charge in [0.25, 0.3) is 0 Å². The second kappa shape index (κ2) is 9.50. The first kappa shape index (κ1) is 17.7. The summed E-state index contributed by atoms with van der Waals surface area (Å²) in [6.07, 6.45) is 0.941. The van der Waals surface area contributed by atoms with Gasteiger partial charge in [0.15, 0.2) is 0 Å². The van der Waals surface area contributed by atoms with E-state index in [9.17, 15) is 9.59 Å². The van der Waals surface area contributed by atoms with Gasteiger partial charge in [-0.3, -0.25) is 9.59 Å². The van der Waals surface area contributed by atoms with Crippen LogP contribution in [0, 0.1) is 6.92 Å². The predicted octanol–water partition coefficient (Wildman–Crippen LogP) is 3.18. The third-order valence-electron chi connectivity index (χ3n) is 3.66. The predicted molar refractivity (Wildman–Crippen MR) is 93.4 cm³/mol. The Labute approximate surface area is 142 Å². The second-order valence-electron chi connectivity index (χ2n) is 5.72. The van der Waals surface area contributed by atoms with Crippen LogP contribution >= 0.6 is 0 Å². The molecule has 0 unspecified atom stereocenters. The largest absolute Gasteiger partial charge is 0.465 e. The van der Waals surface area contributed by atoms with Crippen molar-refractivity contribution in [3.05, 3.63) is 71.3 Å². The van der Waals surface area contributed by atoms with Crippen LogP contribution in [0.5, 0.6) is 0 Å². The van der Waals surface area contributed by atoms with E-state index in [1.54, 1.807) is 0 Å². The number of hydrogen-bond donors (Lipinski definition) is 1. The summed E-state index contributed by atoms with van der Waals surface area (Å²) >= 11 is 0. The molecule has 0 spiro atoms. The zero-order valence-electron chi connectivity index (χ0n) is 14.0. The molecular formula is C20H23NO3. The number of amides is 1. The normalized spacial score (nSPS) is 10.2. The van der Waals surface area contributed by atoms with Gasteiger partial charge in [0.05, 0.1) is 13.0 Å². The number of carbonyl (C=O) groups excluding carboxylic acids is 2. The molecule has 4 heteroatoms. The molecule has 0 fully saturated rings. The topological polar surface area (TPSA) is 55.4 Å². The van der Waals surface area contributed by atoms with Gasteiger partial charge in [-0.25, -0.2) is 0 Å². The van der Waals surface area contributed by atoms with Crippen LogP contribution in [-0.4, -0.2) is 18.5 Å². The summed E-state index contributed by atoms with van der Waals surface area (Å²) in [5, 5.41) is 2.81. The number of carbonyl (C=O) groups is 2. The first-order chi connectivity index (χ1) is 11.6. The Balaban J connectivity index is 1.59. The van der Waals surface area contributed by atoms with Crippen molar-refractivity contribution >= 4 is 11.9 Å². The van der Waals surface area contributed by atoms with Gasteiger partial charge >= 0.3 is 5.97 Å². The van der Waals surface area contributed by atoms with E-state index >= 15 is 0 Å². The van der Waals surface area contributed by atoms with Gasteiger partial charge in [-0.1, -0.05) is 60.2 Å². The van der Waals surface area contributed by atoms with Crippen molar-refractivity contribution in [2.75, 3.05) is 6.61 Å². The van der Waals surface area contributed by atoms with E-state index in [-0.39, 0.29) is 24.7 Å². The fraction of sp³-hybridized carbons (Fsp3) is 0.300. The van der Waals surface area contributed by atoms with E-state index in [1.165, 1.54) is 5.56 Å². The Hall–Kier alpha value is -2.62. The molecule has 0 heterocycles. The molecule has 2 rings (SSSR count). The lowest BCUT2D eigenvalue weighted by molar-refractivity contribution is -0.144. The Bertz CT molecular complexity index is 650. The van der Waals surface area contributed by atoms with Crippen LogP contribution in [0.2, 0.25) is 0 Å². The van der Waals surface area contributed by atoms with Crippen molar-refractivity contribution in [3.8, 4) is 0 Å². The molecule has 24 heavy (non-hydrogen) atoms. The molecule has 0 saturated carbocycles. The van der Waals surface area contributed by atoms with Crippen LogP contribution in [0.3, 0.4) is 0 Å². The van der Waals surface area contributed by atoms with E-state index in [0.29, 0.717) is 19.6 Å². The number of aryl methyl sites for hydroxylation is 1. The highest BCUT2D eigenvalue weighted by molar-refractivity contribution is 5.81. The highest BCUT2D eigenvalue weighted by Crippen LogP contribution is 2.03. The lowest BCUT2D eigenvalue weighted by Crippen LogP contribution is -2.23. The van der Waals surface area contributed by atoms with Crippen LogP contribution in [-0.2, 0) is 27.3 Å². The van der Waals surface area contributed by atoms with E-state index in [0.717, 1.165) is 11.1 Å². The van der Waals surface area contributed by atoms with Crippen LogP contribution in [0.4, 0.5) is 0 Å². The summed E-state index contributed by atoms with van der Waals surface area (Å²) in [4.78, 5) is 23.4.